The monoisotopic (exact) mass is 245 g/mol. The maximum absolute atomic E-state index is 10.2. The van der Waals surface area contributed by atoms with Gasteiger partial charge in [0.25, 0.3) is 0 Å². The Kier molecular flexibility index (Phi) is 3.39. The van der Waals surface area contributed by atoms with E-state index in [1.807, 2.05) is 0 Å². The average molecular weight is 245 g/mol. The molecule has 1 unspecified atom stereocenters. The number of phenolic OH excluding ortho intramolecular Hbond substituents is 1. The summed E-state index contributed by atoms with van der Waals surface area (Å²) in [6.07, 6.45) is -0.872. The molecule has 0 radical (unpaired) electrons. The molecule has 4 nitrogen and oxygen atoms in total. The number of phenols is 1. The Morgan fingerprint density at radius 3 is 2.39 bits per heavy atom. The van der Waals surface area contributed by atoms with Crippen LogP contribution in [0.4, 0.5) is 5.69 Å². The van der Waals surface area contributed by atoms with Crippen LogP contribution in [-0.2, 0) is 0 Å². The lowest BCUT2D eigenvalue weighted by molar-refractivity contribution is 0.220. The van der Waals surface area contributed by atoms with E-state index in [2.05, 4.69) is 0 Å². The van der Waals surface area contributed by atoms with Crippen molar-refractivity contribution < 1.29 is 14.9 Å². The van der Waals surface area contributed by atoms with Crippen LogP contribution in [0.25, 0.3) is 0 Å². The van der Waals surface area contributed by atoms with E-state index < -0.39 is 6.10 Å². The minimum Gasteiger partial charge on any atom is -0.506 e. The average Bonchev–Trinajstić information content (AvgIpc) is 2.41. The van der Waals surface area contributed by atoms with E-state index in [4.69, 9.17) is 10.5 Å². The lowest BCUT2D eigenvalue weighted by Gasteiger charge is -2.15. The molecule has 4 heteroatoms. The zero-order chi connectivity index (χ0) is 13.1. The zero-order valence-electron chi connectivity index (χ0n) is 10.00. The summed E-state index contributed by atoms with van der Waals surface area (Å²) in [4.78, 5) is 0. The predicted octanol–water partition coefficient (Wildman–Crippen LogP) is 2.06. The summed E-state index contributed by atoms with van der Waals surface area (Å²) in [6.45, 7) is 0. The van der Waals surface area contributed by atoms with Gasteiger partial charge in [-0.25, -0.2) is 0 Å². The molecule has 0 aromatic heterocycles. The second-order valence-electron chi connectivity index (χ2n) is 3.96. The van der Waals surface area contributed by atoms with Crippen LogP contribution < -0.4 is 10.5 Å². The fourth-order valence-electron chi connectivity index (χ4n) is 1.77. The van der Waals surface area contributed by atoms with Crippen LogP contribution >= 0.6 is 0 Å². The summed E-state index contributed by atoms with van der Waals surface area (Å²) >= 11 is 0. The van der Waals surface area contributed by atoms with Gasteiger partial charge in [-0.15, -0.1) is 0 Å². The van der Waals surface area contributed by atoms with Crippen molar-refractivity contribution in [2.75, 3.05) is 12.8 Å². The van der Waals surface area contributed by atoms with Crippen LogP contribution in [0.15, 0.2) is 42.5 Å². The van der Waals surface area contributed by atoms with Gasteiger partial charge < -0.3 is 20.7 Å². The first-order valence-corrected chi connectivity index (χ1v) is 5.53. The van der Waals surface area contributed by atoms with E-state index in [-0.39, 0.29) is 11.4 Å². The summed E-state index contributed by atoms with van der Waals surface area (Å²) in [5.74, 6) is 0.690. The van der Waals surface area contributed by atoms with Crippen molar-refractivity contribution in [1.82, 2.24) is 0 Å². The molecular weight excluding hydrogens is 230 g/mol. The highest BCUT2D eigenvalue weighted by Gasteiger charge is 2.15. The molecule has 1 atom stereocenters. The van der Waals surface area contributed by atoms with Crippen LogP contribution in [0, 0.1) is 0 Å². The number of para-hydroxylation sites is 1. The third kappa shape index (κ3) is 2.24. The Balaban J connectivity index is 2.35. The summed E-state index contributed by atoms with van der Waals surface area (Å²) in [6, 6.07) is 11.9. The Labute approximate surface area is 105 Å². The molecule has 0 fully saturated rings. The number of benzene rings is 2. The van der Waals surface area contributed by atoms with E-state index in [0.29, 0.717) is 11.1 Å². The highest BCUT2D eigenvalue weighted by atomic mass is 16.5. The molecule has 18 heavy (non-hydrogen) atoms. The molecule has 0 saturated heterocycles. The quantitative estimate of drug-likeness (QED) is 0.571. The molecule has 2 aromatic carbocycles. The number of nitrogens with two attached hydrogens (primary N) is 1. The number of methoxy groups -OCH3 is 1. The highest BCUT2D eigenvalue weighted by molar-refractivity contribution is 5.59. The van der Waals surface area contributed by atoms with E-state index >= 15 is 0 Å². The molecule has 0 aliphatic rings. The van der Waals surface area contributed by atoms with Gasteiger partial charge in [-0.05, 0) is 23.8 Å². The van der Waals surface area contributed by atoms with Gasteiger partial charge in [-0.2, -0.15) is 0 Å². The number of anilines is 1. The van der Waals surface area contributed by atoms with Crippen LogP contribution in [0.1, 0.15) is 17.2 Å². The smallest absolute Gasteiger partial charge is 0.138 e. The van der Waals surface area contributed by atoms with Crippen molar-refractivity contribution >= 4 is 5.69 Å². The molecule has 0 saturated carbocycles. The zero-order valence-corrected chi connectivity index (χ0v) is 10.00. The lowest BCUT2D eigenvalue weighted by atomic mass is 9.99. The summed E-state index contributed by atoms with van der Waals surface area (Å²) < 4.78 is 5.05. The molecular formula is C14H15NO3. The van der Waals surface area contributed by atoms with Crippen molar-refractivity contribution in [3.05, 3.63) is 53.6 Å². The summed E-state index contributed by atoms with van der Waals surface area (Å²) in [5, 5.41) is 19.8. The maximum Gasteiger partial charge on any atom is 0.138 e. The predicted molar refractivity (Wildman–Crippen MR) is 69.6 cm³/mol. The molecule has 4 N–H and O–H groups in total. The number of rotatable bonds is 3. The molecule has 0 aliphatic carbocycles. The third-order valence-corrected chi connectivity index (χ3v) is 2.84. The van der Waals surface area contributed by atoms with E-state index in [9.17, 15) is 10.2 Å². The third-order valence-electron chi connectivity index (χ3n) is 2.84. The van der Waals surface area contributed by atoms with Crippen molar-refractivity contribution in [2.24, 2.45) is 0 Å². The second kappa shape index (κ2) is 4.98. The Bertz CT molecular complexity index is 537. The number of nitrogen functional groups attached to an aromatic ring is 1. The number of hydrogen-bond acceptors (Lipinski definition) is 4. The Morgan fingerprint density at radius 2 is 1.78 bits per heavy atom. The maximum atomic E-state index is 10.2. The first kappa shape index (κ1) is 12.3. The number of hydrogen-bond donors (Lipinski definition) is 3. The van der Waals surface area contributed by atoms with Crippen LogP contribution in [-0.4, -0.2) is 17.3 Å². The Hall–Kier alpha value is -2.20. The number of aliphatic hydroxyl groups excluding tert-OH is 1. The molecule has 0 spiro atoms. The van der Waals surface area contributed by atoms with E-state index in [1.165, 1.54) is 6.07 Å². The molecule has 0 amide bonds. The van der Waals surface area contributed by atoms with Gasteiger partial charge in [0.05, 0.1) is 12.8 Å². The topological polar surface area (TPSA) is 75.7 Å². The lowest BCUT2D eigenvalue weighted by Crippen LogP contribution is -2.03. The van der Waals surface area contributed by atoms with Crippen LogP contribution in [0.2, 0.25) is 0 Å². The van der Waals surface area contributed by atoms with Gasteiger partial charge in [-0.1, -0.05) is 24.3 Å². The highest BCUT2D eigenvalue weighted by Crippen LogP contribution is 2.32. The second-order valence-corrected chi connectivity index (χ2v) is 3.96. The number of aliphatic hydroxyl groups is 1. The van der Waals surface area contributed by atoms with Crippen molar-refractivity contribution in [3.63, 3.8) is 0 Å². The molecule has 94 valence electrons. The minimum atomic E-state index is -0.872. The van der Waals surface area contributed by atoms with Crippen molar-refractivity contribution in [1.29, 1.82) is 0 Å². The van der Waals surface area contributed by atoms with Gasteiger partial charge in [0.15, 0.2) is 0 Å². The number of ether oxygens (including phenoxy) is 1. The van der Waals surface area contributed by atoms with Crippen LogP contribution in [0.5, 0.6) is 11.5 Å². The van der Waals surface area contributed by atoms with Crippen molar-refractivity contribution in [2.45, 2.75) is 6.10 Å². The largest absolute Gasteiger partial charge is 0.506 e. The van der Waals surface area contributed by atoms with Gasteiger partial charge in [-0.3, -0.25) is 0 Å². The SMILES string of the molecule is COc1ccc(C(O)c2cccc(O)c2N)cc1. The van der Waals surface area contributed by atoms with Gasteiger partial charge in [0.2, 0.25) is 0 Å². The minimum absolute atomic E-state index is 0.0277. The first-order chi connectivity index (χ1) is 8.63. The van der Waals surface area contributed by atoms with E-state index in [1.54, 1.807) is 43.5 Å². The molecule has 2 aromatic rings. The Morgan fingerprint density at radius 1 is 1.11 bits per heavy atom. The molecule has 0 heterocycles. The fraction of sp³-hybridized carbons (Fsp3) is 0.143. The standard InChI is InChI=1S/C14H15NO3/c1-18-10-7-5-9(6-8-10)14(17)11-3-2-4-12(16)13(11)15/h2-8,14,16-17H,15H2,1H3. The fourth-order valence-corrected chi connectivity index (χ4v) is 1.77. The normalized spacial score (nSPS) is 12.1. The van der Waals surface area contributed by atoms with Crippen molar-refractivity contribution in [3.8, 4) is 11.5 Å². The van der Waals surface area contributed by atoms with Crippen LogP contribution in [0.3, 0.4) is 0 Å². The molecule has 0 bridgehead atoms. The van der Waals surface area contributed by atoms with E-state index in [0.717, 1.165) is 5.75 Å². The summed E-state index contributed by atoms with van der Waals surface area (Å²) in [5.41, 5.74) is 7.11. The number of aromatic hydroxyl groups is 1. The van der Waals surface area contributed by atoms with Gasteiger partial charge >= 0.3 is 0 Å². The van der Waals surface area contributed by atoms with Gasteiger partial charge in [0.1, 0.15) is 17.6 Å². The van der Waals surface area contributed by atoms with Gasteiger partial charge in [0, 0.05) is 5.56 Å². The molecule has 0 aliphatic heterocycles. The first-order valence-electron chi connectivity index (χ1n) is 5.53. The molecule has 2 rings (SSSR count). The summed E-state index contributed by atoms with van der Waals surface area (Å²) in [7, 11) is 1.58.